The highest BCUT2D eigenvalue weighted by Gasteiger charge is 2.30. The highest BCUT2D eigenvalue weighted by Crippen LogP contribution is 2.23. The quantitative estimate of drug-likeness (QED) is 0.737. The maximum Gasteiger partial charge on any atom is 0.175 e. The average Bonchev–Trinajstić information content (AvgIpc) is 2.48. The fourth-order valence-corrected chi connectivity index (χ4v) is 2.25. The van der Waals surface area contributed by atoms with Crippen LogP contribution in [-0.4, -0.2) is 20.0 Å². The number of hydrogen-bond donors (Lipinski definition) is 0. The van der Waals surface area contributed by atoms with E-state index >= 15 is 0 Å². The Balaban J connectivity index is 2.18. The molecule has 2 aromatic carbocycles. The van der Waals surface area contributed by atoms with E-state index < -0.39 is 5.79 Å². The smallest absolute Gasteiger partial charge is 0.175 e. The van der Waals surface area contributed by atoms with E-state index in [9.17, 15) is 0 Å². The lowest BCUT2D eigenvalue weighted by Crippen LogP contribution is -2.38. The first-order valence-corrected chi connectivity index (χ1v) is 6.46. The van der Waals surface area contributed by atoms with E-state index in [0.717, 1.165) is 12.8 Å². The van der Waals surface area contributed by atoms with Gasteiger partial charge in [0.25, 0.3) is 0 Å². The van der Waals surface area contributed by atoms with Gasteiger partial charge in [-0.15, -0.1) is 0 Å². The van der Waals surface area contributed by atoms with Crippen LogP contribution in [0.4, 0.5) is 0 Å². The molecule has 0 aliphatic rings. The fraction of sp³-hybridized carbons (Fsp3) is 0.294. The molecule has 0 bridgehead atoms. The summed E-state index contributed by atoms with van der Waals surface area (Å²) in [4.78, 5) is 0. The number of hydrogen-bond acceptors (Lipinski definition) is 2. The highest BCUT2D eigenvalue weighted by atomic mass is 16.7. The van der Waals surface area contributed by atoms with E-state index in [1.165, 1.54) is 11.1 Å². The SMILES string of the molecule is COC(Cc1ccccc1)(Cc1ccccc1)OC. The highest BCUT2D eigenvalue weighted by molar-refractivity contribution is 5.20. The molecule has 2 aromatic rings. The van der Waals surface area contributed by atoms with Gasteiger partial charge in [-0.3, -0.25) is 0 Å². The van der Waals surface area contributed by atoms with Gasteiger partial charge in [0.15, 0.2) is 5.79 Å². The molecule has 0 atom stereocenters. The van der Waals surface area contributed by atoms with Gasteiger partial charge in [0.05, 0.1) is 0 Å². The van der Waals surface area contributed by atoms with Crippen LogP contribution in [0.3, 0.4) is 0 Å². The van der Waals surface area contributed by atoms with Gasteiger partial charge in [-0.1, -0.05) is 60.7 Å². The summed E-state index contributed by atoms with van der Waals surface area (Å²) in [6, 6.07) is 20.6. The molecule has 0 saturated heterocycles. The summed E-state index contributed by atoms with van der Waals surface area (Å²) in [5.74, 6) is -0.608. The normalized spacial score (nSPS) is 11.5. The molecule has 0 fully saturated rings. The molecule has 2 rings (SSSR count). The molecule has 0 amide bonds. The van der Waals surface area contributed by atoms with Crippen molar-refractivity contribution in [1.82, 2.24) is 0 Å². The van der Waals surface area contributed by atoms with Crippen LogP contribution in [0, 0.1) is 0 Å². The second-order valence-corrected chi connectivity index (χ2v) is 4.64. The minimum absolute atomic E-state index is 0.608. The largest absolute Gasteiger partial charge is 0.353 e. The molecule has 0 heterocycles. The summed E-state index contributed by atoms with van der Waals surface area (Å²) in [5, 5.41) is 0. The van der Waals surface area contributed by atoms with Gasteiger partial charge in [-0.2, -0.15) is 0 Å². The Labute approximate surface area is 115 Å². The van der Waals surface area contributed by atoms with E-state index in [-0.39, 0.29) is 0 Å². The molecule has 2 heteroatoms. The Bertz CT molecular complexity index is 432. The molecule has 0 unspecified atom stereocenters. The van der Waals surface area contributed by atoms with Crippen LogP contribution in [-0.2, 0) is 22.3 Å². The topological polar surface area (TPSA) is 18.5 Å². The summed E-state index contributed by atoms with van der Waals surface area (Å²) in [6.45, 7) is 0. The monoisotopic (exact) mass is 256 g/mol. The maximum atomic E-state index is 5.67. The Morgan fingerprint density at radius 2 is 1.05 bits per heavy atom. The molecule has 0 spiro atoms. The maximum absolute atomic E-state index is 5.67. The summed E-state index contributed by atoms with van der Waals surface area (Å²) in [7, 11) is 3.41. The summed E-state index contributed by atoms with van der Waals surface area (Å²) >= 11 is 0. The molecule has 0 saturated carbocycles. The van der Waals surface area contributed by atoms with Crippen molar-refractivity contribution in [2.24, 2.45) is 0 Å². The van der Waals surface area contributed by atoms with Crippen LogP contribution in [0.1, 0.15) is 11.1 Å². The lowest BCUT2D eigenvalue weighted by Gasteiger charge is -2.31. The molecular formula is C17H20O2. The zero-order chi connectivity index (χ0) is 13.6. The van der Waals surface area contributed by atoms with Crippen molar-refractivity contribution in [2.45, 2.75) is 18.6 Å². The van der Waals surface area contributed by atoms with Gasteiger partial charge in [-0.25, -0.2) is 0 Å². The third-order valence-electron chi connectivity index (χ3n) is 3.38. The molecule has 0 radical (unpaired) electrons. The van der Waals surface area contributed by atoms with Crippen molar-refractivity contribution in [3.63, 3.8) is 0 Å². The van der Waals surface area contributed by atoms with Gasteiger partial charge in [0.2, 0.25) is 0 Å². The van der Waals surface area contributed by atoms with Crippen molar-refractivity contribution >= 4 is 0 Å². The molecule has 0 aliphatic carbocycles. The second-order valence-electron chi connectivity index (χ2n) is 4.64. The summed E-state index contributed by atoms with van der Waals surface area (Å²) < 4.78 is 11.3. The van der Waals surface area contributed by atoms with Crippen molar-refractivity contribution in [3.8, 4) is 0 Å². The van der Waals surface area contributed by atoms with Crippen molar-refractivity contribution in [3.05, 3.63) is 71.8 Å². The third-order valence-corrected chi connectivity index (χ3v) is 3.38. The summed E-state index contributed by atoms with van der Waals surface area (Å²) in [6.07, 6.45) is 1.46. The number of benzene rings is 2. The van der Waals surface area contributed by atoms with E-state index in [1.54, 1.807) is 14.2 Å². The number of rotatable bonds is 6. The van der Waals surface area contributed by atoms with Gasteiger partial charge in [0, 0.05) is 27.1 Å². The molecule has 100 valence electrons. The molecule has 0 aromatic heterocycles. The minimum atomic E-state index is -0.608. The first-order valence-electron chi connectivity index (χ1n) is 6.46. The zero-order valence-electron chi connectivity index (χ0n) is 11.5. The third kappa shape index (κ3) is 3.66. The Morgan fingerprint density at radius 3 is 1.37 bits per heavy atom. The van der Waals surface area contributed by atoms with Crippen LogP contribution < -0.4 is 0 Å². The Kier molecular flexibility index (Phi) is 4.72. The van der Waals surface area contributed by atoms with Gasteiger partial charge in [0.1, 0.15) is 0 Å². The van der Waals surface area contributed by atoms with E-state index in [2.05, 4.69) is 24.3 Å². The van der Waals surface area contributed by atoms with Crippen molar-refractivity contribution in [1.29, 1.82) is 0 Å². The van der Waals surface area contributed by atoms with Crippen LogP contribution in [0.15, 0.2) is 60.7 Å². The molecule has 0 aliphatic heterocycles. The number of methoxy groups -OCH3 is 2. The fourth-order valence-electron chi connectivity index (χ4n) is 2.25. The molecule has 19 heavy (non-hydrogen) atoms. The zero-order valence-corrected chi connectivity index (χ0v) is 11.5. The predicted octanol–water partition coefficient (Wildman–Crippen LogP) is 3.46. The summed E-state index contributed by atoms with van der Waals surface area (Å²) in [5.41, 5.74) is 2.42. The van der Waals surface area contributed by atoms with Crippen LogP contribution >= 0.6 is 0 Å². The number of ether oxygens (including phenoxy) is 2. The molecule has 2 nitrogen and oxygen atoms in total. The van der Waals surface area contributed by atoms with E-state index in [0.29, 0.717) is 0 Å². The van der Waals surface area contributed by atoms with Gasteiger partial charge >= 0.3 is 0 Å². The Hall–Kier alpha value is -1.64. The van der Waals surface area contributed by atoms with Crippen LogP contribution in [0.2, 0.25) is 0 Å². The lowest BCUT2D eigenvalue weighted by atomic mass is 9.97. The van der Waals surface area contributed by atoms with Crippen LogP contribution in [0.25, 0.3) is 0 Å². The molecule has 0 N–H and O–H groups in total. The van der Waals surface area contributed by atoms with Crippen LogP contribution in [0.5, 0.6) is 0 Å². The standard InChI is InChI=1S/C17H20O2/c1-18-17(19-2,13-15-9-5-3-6-10-15)14-16-11-7-4-8-12-16/h3-12H,13-14H2,1-2H3. The first kappa shape index (κ1) is 13.8. The minimum Gasteiger partial charge on any atom is -0.353 e. The van der Waals surface area contributed by atoms with Gasteiger partial charge < -0.3 is 9.47 Å². The van der Waals surface area contributed by atoms with E-state index in [4.69, 9.17) is 9.47 Å². The first-order chi connectivity index (χ1) is 9.28. The average molecular weight is 256 g/mol. The lowest BCUT2D eigenvalue weighted by molar-refractivity contribution is -0.204. The predicted molar refractivity (Wildman–Crippen MR) is 77.0 cm³/mol. The van der Waals surface area contributed by atoms with Crippen molar-refractivity contribution < 1.29 is 9.47 Å². The Morgan fingerprint density at radius 1 is 0.684 bits per heavy atom. The van der Waals surface area contributed by atoms with Crippen molar-refractivity contribution in [2.75, 3.05) is 14.2 Å². The second kappa shape index (κ2) is 6.50. The van der Waals surface area contributed by atoms with E-state index in [1.807, 2.05) is 36.4 Å². The molecular weight excluding hydrogens is 236 g/mol. The van der Waals surface area contributed by atoms with Gasteiger partial charge in [-0.05, 0) is 11.1 Å².